The highest BCUT2D eigenvalue weighted by Crippen LogP contribution is 2.22. The SMILES string of the molecule is Cc1nc(C)n(CC2CCCN(Cc3c(C)nn(C)c3C)C2)n1. The lowest BCUT2D eigenvalue weighted by Gasteiger charge is -2.32. The van der Waals surface area contributed by atoms with Gasteiger partial charge in [0.2, 0.25) is 0 Å². The lowest BCUT2D eigenvalue weighted by atomic mass is 9.97. The number of nitrogens with zero attached hydrogens (tertiary/aromatic N) is 6. The molecule has 1 fully saturated rings. The van der Waals surface area contributed by atoms with Gasteiger partial charge in [0.1, 0.15) is 11.6 Å². The fourth-order valence-corrected chi connectivity index (χ4v) is 3.69. The Kier molecular flexibility index (Phi) is 4.53. The van der Waals surface area contributed by atoms with Crippen molar-refractivity contribution in [3.63, 3.8) is 0 Å². The quantitative estimate of drug-likeness (QED) is 0.867. The number of piperidine rings is 1. The Balaban J connectivity index is 1.65. The summed E-state index contributed by atoms with van der Waals surface area (Å²) in [6.45, 7) is 12.6. The first-order valence-electron chi connectivity index (χ1n) is 8.53. The molecule has 23 heavy (non-hydrogen) atoms. The zero-order valence-electron chi connectivity index (χ0n) is 15.0. The predicted octanol–water partition coefficient (Wildman–Crippen LogP) is 2.16. The molecule has 0 radical (unpaired) electrons. The van der Waals surface area contributed by atoms with Gasteiger partial charge in [-0.2, -0.15) is 10.2 Å². The molecule has 0 saturated carbocycles. The van der Waals surface area contributed by atoms with Gasteiger partial charge in [0.05, 0.1) is 5.69 Å². The number of hydrogen-bond acceptors (Lipinski definition) is 4. The molecule has 1 atom stereocenters. The molecule has 1 aliphatic rings. The Hall–Kier alpha value is -1.69. The fraction of sp³-hybridized carbons (Fsp3) is 0.706. The van der Waals surface area contributed by atoms with Crippen LogP contribution in [0.1, 0.15) is 41.4 Å². The third kappa shape index (κ3) is 3.47. The second kappa shape index (κ2) is 6.43. The fourth-order valence-electron chi connectivity index (χ4n) is 3.69. The van der Waals surface area contributed by atoms with Crippen molar-refractivity contribution in [2.45, 2.75) is 53.6 Å². The third-order valence-electron chi connectivity index (χ3n) is 5.04. The van der Waals surface area contributed by atoms with E-state index in [-0.39, 0.29) is 0 Å². The molecule has 1 saturated heterocycles. The van der Waals surface area contributed by atoms with Crippen molar-refractivity contribution in [1.29, 1.82) is 0 Å². The first-order valence-corrected chi connectivity index (χ1v) is 8.53. The molecule has 0 aliphatic carbocycles. The maximum atomic E-state index is 4.54. The molecule has 0 spiro atoms. The van der Waals surface area contributed by atoms with Gasteiger partial charge in [0.25, 0.3) is 0 Å². The third-order valence-corrected chi connectivity index (χ3v) is 5.04. The molecular weight excluding hydrogens is 288 g/mol. The average Bonchev–Trinajstić information content (AvgIpc) is 2.93. The van der Waals surface area contributed by atoms with Crippen LogP contribution >= 0.6 is 0 Å². The number of aromatic nitrogens is 5. The number of rotatable bonds is 4. The van der Waals surface area contributed by atoms with Crippen LogP contribution in [0.25, 0.3) is 0 Å². The molecule has 1 unspecified atom stereocenters. The number of aryl methyl sites for hydroxylation is 4. The molecule has 0 aromatic carbocycles. The van der Waals surface area contributed by atoms with E-state index in [1.54, 1.807) is 0 Å². The molecular formula is C17H28N6. The minimum absolute atomic E-state index is 0.654. The molecule has 6 heteroatoms. The summed E-state index contributed by atoms with van der Waals surface area (Å²) in [4.78, 5) is 6.99. The van der Waals surface area contributed by atoms with Crippen LogP contribution in [0.2, 0.25) is 0 Å². The molecule has 2 aromatic rings. The summed E-state index contributed by atoms with van der Waals surface area (Å²) in [5.41, 5.74) is 3.84. The van der Waals surface area contributed by atoms with Gasteiger partial charge < -0.3 is 0 Å². The second-order valence-corrected chi connectivity index (χ2v) is 6.90. The van der Waals surface area contributed by atoms with Crippen molar-refractivity contribution in [3.8, 4) is 0 Å². The predicted molar refractivity (Wildman–Crippen MR) is 90.2 cm³/mol. The van der Waals surface area contributed by atoms with Crippen molar-refractivity contribution >= 4 is 0 Å². The summed E-state index contributed by atoms with van der Waals surface area (Å²) >= 11 is 0. The topological polar surface area (TPSA) is 51.8 Å². The summed E-state index contributed by atoms with van der Waals surface area (Å²) in [5.74, 6) is 2.55. The van der Waals surface area contributed by atoms with Crippen molar-refractivity contribution < 1.29 is 0 Å². The van der Waals surface area contributed by atoms with Crippen LogP contribution in [-0.4, -0.2) is 42.5 Å². The van der Waals surface area contributed by atoms with Crippen LogP contribution in [-0.2, 0) is 20.1 Å². The Morgan fingerprint density at radius 3 is 2.52 bits per heavy atom. The second-order valence-electron chi connectivity index (χ2n) is 6.90. The van der Waals surface area contributed by atoms with Gasteiger partial charge in [-0.25, -0.2) is 9.67 Å². The van der Waals surface area contributed by atoms with E-state index in [2.05, 4.69) is 38.6 Å². The maximum Gasteiger partial charge on any atom is 0.147 e. The van der Waals surface area contributed by atoms with E-state index in [1.807, 2.05) is 25.6 Å². The van der Waals surface area contributed by atoms with Gasteiger partial charge in [-0.05, 0) is 53.0 Å². The zero-order chi connectivity index (χ0) is 16.6. The Morgan fingerprint density at radius 1 is 1.13 bits per heavy atom. The summed E-state index contributed by atoms with van der Waals surface area (Å²) in [6, 6.07) is 0. The minimum Gasteiger partial charge on any atom is -0.299 e. The van der Waals surface area contributed by atoms with E-state index in [9.17, 15) is 0 Å². The van der Waals surface area contributed by atoms with Gasteiger partial charge in [0, 0.05) is 37.9 Å². The van der Waals surface area contributed by atoms with Gasteiger partial charge in [-0.3, -0.25) is 9.58 Å². The van der Waals surface area contributed by atoms with E-state index >= 15 is 0 Å². The van der Waals surface area contributed by atoms with Crippen LogP contribution in [0.5, 0.6) is 0 Å². The Labute approximate surface area is 138 Å². The van der Waals surface area contributed by atoms with Crippen molar-refractivity contribution in [1.82, 2.24) is 29.4 Å². The van der Waals surface area contributed by atoms with E-state index in [0.29, 0.717) is 5.92 Å². The monoisotopic (exact) mass is 316 g/mol. The van der Waals surface area contributed by atoms with Crippen LogP contribution in [0, 0.1) is 33.6 Å². The van der Waals surface area contributed by atoms with E-state index in [0.717, 1.165) is 37.0 Å². The molecule has 1 aliphatic heterocycles. The zero-order valence-corrected chi connectivity index (χ0v) is 15.0. The largest absolute Gasteiger partial charge is 0.299 e. The molecule has 126 valence electrons. The summed E-state index contributed by atoms with van der Waals surface area (Å²) < 4.78 is 4.07. The Bertz CT molecular complexity index is 684. The van der Waals surface area contributed by atoms with Crippen LogP contribution in [0.4, 0.5) is 0 Å². The van der Waals surface area contributed by atoms with Gasteiger partial charge in [-0.15, -0.1) is 0 Å². The maximum absolute atomic E-state index is 4.54. The van der Waals surface area contributed by atoms with Gasteiger partial charge in [0.15, 0.2) is 0 Å². The number of likely N-dealkylation sites (tertiary alicyclic amines) is 1. The van der Waals surface area contributed by atoms with Crippen molar-refractivity contribution in [2.24, 2.45) is 13.0 Å². The molecule has 0 amide bonds. The first kappa shape index (κ1) is 16.2. The molecule has 2 aromatic heterocycles. The van der Waals surface area contributed by atoms with E-state index in [1.165, 1.54) is 30.6 Å². The molecule has 3 rings (SSSR count). The summed E-state index contributed by atoms with van der Waals surface area (Å²) in [7, 11) is 2.03. The van der Waals surface area contributed by atoms with Crippen molar-refractivity contribution in [2.75, 3.05) is 13.1 Å². The summed E-state index contributed by atoms with van der Waals surface area (Å²) in [6.07, 6.45) is 2.54. The van der Waals surface area contributed by atoms with Crippen LogP contribution in [0.3, 0.4) is 0 Å². The molecule has 0 N–H and O–H groups in total. The molecule has 0 bridgehead atoms. The normalized spacial score (nSPS) is 19.4. The lowest BCUT2D eigenvalue weighted by molar-refractivity contribution is 0.152. The van der Waals surface area contributed by atoms with Gasteiger partial charge >= 0.3 is 0 Å². The Morgan fingerprint density at radius 2 is 1.91 bits per heavy atom. The minimum atomic E-state index is 0.654. The van der Waals surface area contributed by atoms with Crippen LogP contribution in [0.15, 0.2) is 0 Å². The van der Waals surface area contributed by atoms with E-state index in [4.69, 9.17) is 0 Å². The van der Waals surface area contributed by atoms with Crippen molar-refractivity contribution in [3.05, 3.63) is 28.6 Å². The highest BCUT2D eigenvalue weighted by Gasteiger charge is 2.23. The van der Waals surface area contributed by atoms with Gasteiger partial charge in [-0.1, -0.05) is 0 Å². The molecule has 3 heterocycles. The molecule has 6 nitrogen and oxygen atoms in total. The van der Waals surface area contributed by atoms with E-state index < -0.39 is 0 Å². The first-order chi connectivity index (χ1) is 10.9. The highest BCUT2D eigenvalue weighted by molar-refractivity contribution is 5.24. The lowest BCUT2D eigenvalue weighted by Crippen LogP contribution is -2.37. The van der Waals surface area contributed by atoms with Crippen LogP contribution < -0.4 is 0 Å². The smallest absolute Gasteiger partial charge is 0.147 e. The average molecular weight is 316 g/mol. The summed E-state index contributed by atoms with van der Waals surface area (Å²) in [5, 5.41) is 9.06. The number of hydrogen-bond donors (Lipinski definition) is 0. The standard InChI is InChI=1S/C17H28N6/c1-12-17(13(2)21(5)19-12)11-22-8-6-7-16(9-22)10-23-15(4)18-14(3)20-23/h16H,6-11H2,1-5H3. The highest BCUT2D eigenvalue weighted by atomic mass is 15.3.